The van der Waals surface area contributed by atoms with Crippen LogP contribution < -0.4 is 4.74 Å². The molecule has 2 rings (SSSR count). The number of alkyl halides is 1. The van der Waals surface area contributed by atoms with Crippen molar-refractivity contribution in [2.24, 2.45) is 0 Å². The highest BCUT2D eigenvalue weighted by Gasteiger charge is 2.09. The second-order valence-corrected chi connectivity index (χ2v) is 4.74. The fourth-order valence-electron chi connectivity index (χ4n) is 1.51. The van der Waals surface area contributed by atoms with E-state index in [9.17, 15) is 4.39 Å². The Bertz CT molecular complexity index is 654. The van der Waals surface area contributed by atoms with Crippen molar-refractivity contribution in [3.8, 4) is 17.6 Å². The highest BCUT2D eigenvalue weighted by Crippen LogP contribution is 2.31. The molecular formula is C14H8BrClFNO. The maximum absolute atomic E-state index is 13.7. The monoisotopic (exact) mass is 339 g/mol. The zero-order valence-corrected chi connectivity index (χ0v) is 12.0. The van der Waals surface area contributed by atoms with E-state index in [4.69, 9.17) is 21.6 Å². The van der Waals surface area contributed by atoms with Gasteiger partial charge in [0.2, 0.25) is 0 Å². The standard InChI is InChI=1S/C14H8BrClFNO/c15-7-10-2-3-11(16)6-14(10)19-13-4-1-9(8-18)5-12(13)17/h1-6H,7H2. The summed E-state index contributed by atoms with van der Waals surface area (Å²) in [6, 6.07) is 11.1. The largest absolute Gasteiger partial charge is 0.454 e. The average molecular weight is 341 g/mol. The smallest absolute Gasteiger partial charge is 0.167 e. The maximum atomic E-state index is 13.7. The van der Waals surface area contributed by atoms with Gasteiger partial charge in [-0.05, 0) is 30.3 Å². The highest BCUT2D eigenvalue weighted by molar-refractivity contribution is 9.08. The third kappa shape index (κ3) is 3.25. The molecule has 0 atom stereocenters. The topological polar surface area (TPSA) is 33.0 Å². The van der Waals surface area contributed by atoms with Gasteiger partial charge in [-0.15, -0.1) is 0 Å². The second kappa shape index (κ2) is 6.05. The van der Waals surface area contributed by atoms with Gasteiger partial charge in [-0.2, -0.15) is 5.26 Å². The lowest BCUT2D eigenvalue weighted by atomic mass is 10.2. The Morgan fingerprint density at radius 2 is 2.00 bits per heavy atom. The minimum Gasteiger partial charge on any atom is -0.454 e. The van der Waals surface area contributed by atoms with Crippen LogP contribution in [0.25, 0.3) is 0 Å². The van der Waals surface area contributed by atoms with Gasteiger partial charge in [0.1, 0.15) is 5.75 Å². The molecule has 2 nitrogen and oxygen atoms in total. The molecule has 0 heterocycles. The van der Waals surface area contributed by atoms with Gasteiger partial charge >= 0.3 is 0 Å². The highest BCUT2D eigenvalue weighted by atomic mass is 79.9. The van der Waals surface area contributed by atoms with Crippen LogP contribution in [0.1, 0.15) is 11.1 Å². The maximum Gasteiger partial charge on any atom is 0.167 e. The van der Waals surface area contributed by atoms with Gasteiger partial charge in [0.05, 0.1) is 11.6 Å². The van der Waals surface area contributed by atoms with E-state index in [1.807, 2.05) is 6.07 Å². The number of hydrogen-bond donors (Lipinski definition) is 0. The molecule has 0 spiro atoms. The van der Waals surface area contributed by atoms with Gasteiger partial charge in [-0.25, -0.2) is 4.39 Å². The molecule has 0 unspecified atom stereocenters. The van der Waals surface area contributed by atoms with Gasteiger partial charge in [0, 0.05) is 15.9 Å². The van der Waals surface area contributed by atoms with E-state index in [-0.39, 0.29) is 11.3 Å². The lowest BCUT2D eigenvalue weighted by Gasteiger charge is -2.10. The van der Waals surface area contributed by atoms with Crippen LogP contribution in [0.15, 0.2) is 36.4 Å². The van der Waals surface area contributed by atoms with Gasteiger partial charge in [-0.1, -0.05) is 33.6 Å². The van der Waals surface area contributed by atoms with E-state index in [0.29, 0.717) is 16.1 Å². The first-order chi connectivity index (χ1) is 9.13. The van der Waals surface area contributed by atoms with Gasteiger partial charge in [-0.3, -0.25) is 0 Å². The van der Waals surface area contributed by atoms with Crippen molar-refractivity contribution < 1.29 is 9.13 Å². The predicted molar refractivity (Wildman–Crippen MR) is 75.3 cm³/mol. The Morgan fingerprint density at radius 3 is 2.63 bits per heavy atom. The van der Waals surface area contributed by atoms with Gasteiger partial charge in [0.15, 0.2) is 11.6 Å². The molecule has 0 saturated heterocycles. The van der Waals surface area contributed by atoms with E-state index < -0.39 is 5.82 Å². The van der Waals surface area contributed by atoms with Crippen molar-refractivity contribution in [2.45, 2.75) is 5.33 Å². The van der Waals surface area contributed by atoms with Gasteiger partial charge < -0.3 is 4.74 Å². The third-order valence-electron chi connectivity index (χ3n) is 2.45. The summed E-state index contributed by atoms with van der Waals surface area (Å²) in [5, 5.41) is 9.76. The lowest BCUT2D eigenvalue weighted by molar-refractivity contribution is 0.439. The zero-order valence-electron chi connectivity index (χ0n) is 9.66. The molecule has 0 aromatic heterocycles. The Hall–Kier alpha value is -1.57. The molecule has 0 aliphatic carbocycles. The minimum absolute atomic E-state index is 0.0588. The molecule has 0 N–H and O–H groups in total. The number of nitriles is 1. The van der Waals surface area contributed by atoms with Crippen LogP contribution in [0.4, 0.5) is 4.39 Å². The van der Waals surface area contributed by atoms with E-state index in [1.54, 1.807) is 18.2 Å². The van der Waals surface area contributed by atoms with E-state index in [1.165, 1.54) is 12.1 Å². The van der Waals surface area contributed by atoms with Crippen molar-refractivity contribution >= 4 is 27.5 Å². The summed E-state index contributed by atoms with van der Waals surface area (Å²) in [5.41, 5.74) is 1.10. The molecule has 2 aromatic carbocycles. The van der Waals surface area contributed by atoms with Crippen LogP contribution >= 0.6 is 27.5 Å². The number of halogens is 3. The van der Waals surface area contributed by atoms with Crippen LogP contribution in [-0.4, -0.2) is 0 Å². The summed E-state index contributed by atoms with van der Waals surface area (Å²) in [6.45, 7) is 0. The molecule has 0 saturated carbocycles. The van der Waals surface area contributed by atoms with Crippen molar-refractivity contribution in [1.29, 1.82) is 5.26 Å². The summed E-state index contributed by atoms with van der Waals surface area (Å²) >= 11 is 9.22. The second-order valence-electron chi connectivity index (χ2n) is 3.74. The van der Waals surface area contributed by atoms with E-state index >= 15 is 0 Å². The van der Waals surface area contributed by atoms with Crippen LogP contribution in [0.5, 0.6) is 11.5 Å². The Labute approximate surface area is 123 Å². The van der Waals surface area contributed by atoms with Crippen LogP contribution in [0.3, 0.4) is 0 Å². The Kier molecular flexibility index (Phi) is 4.41. The lowest BCUT2D eigenvalue weighted by Crippen LogP contribution is -1.92. The first kappa shape index (κ1) is 13.9. The van der Waals surface area contributed by atoms with Crippen molar-refractivity contribution in [2.75, 3.05) is 0 Å². The normalized spacial score (nSPS) is 10.0. The molecule has 0 bridgehead atoms. The molecule has 2 aromatic rings. The van der Waals surface area contributed by atoms with Crippen molar-refractivity contribution in [3.05, 3.63) is 58.4 Å². The fraction of sp³-hybridized carbons (Fsp3) is 0.0714. The molecule has 5 heteroatoms. The molecule has 96 valence electrons. The molecule has 0 fully saturated rings. The Morgan fingerprint density at radius 1 is 1.21 bits per heavy atom. The minimum atomic E-state index is -0.584. The number of hydrogen-bond acceptors (Lipinski definition) is 2. The summed E-state index contributed by atoms with van der Waals surface area (Å²) in [6.07, 6.45) is 0. The first-order valence-electron chi connectivity index (χ1n) is 5.36. The van der Waals surface area contributed by atoms with Gasteiger partial charge in [0.25, 0.3) is 0 Å². The molecule has 0 amide bonds. The number of benzene rings is 2. The van der Waals surface area contributed by atoms with E-state index in [0.717, 1.165) is 11.6 Å². The van der Waals surface area contributed by atoms with E-state index in [2.05, 4.69) is 15.9 Å². The summed E-state index contributed by atoms with van der Waals surface area (Å²) in [5.74, 6) is -0.0454. The third-order valence-corrected chi connectivity index (χ3v) is 3.29. The SMILES string of the molecule is N#Cc1ccc(Oc2cc(Cl)ccc2CBr)c(F)c1. The quantitative estimate of drug-likeness (QED) is 0.733. The average Bonchev–Trinajstić information content (AvgIpc) is 2.41. The summed E-state index contributed by atoms with van der Waals surface area (Å²) < 4.78 is 19.3. The first-order valence-corrected chi connectivity index (χ1v) is 6.86. The molecule has 0 aliphatic heterocycles. The fourth-order valence-corrected chi connectivity index (χ4v) is 2.13. The van der Waals surface area contributed by atoms with Crippen LogP contribution in [0, 0.1) is 17.1 Å². The predicted octanol–water partition coefficient (Wildman–Crippen LogP) is 5.04. The van der Waals surface area contributed by atoms with Crippen LogP contribution in [-0.2, 0) is 5.33 Å². The van der Waals surface area contributed by atoms with Crippen molar-refractivity contribution in [3.63, 3.8) is 0 Å². The van der Waals surface area contributed by atoms with Crippen molar-refractivity contribution in [1.82, 2.24) is 0 Å². The molecule has 19 heavy (non-hydrogen) atoms. The summed E-state index contributed by atoms with van der Waals surface area (Å²) in [7, 11) is 0. The van der Waals surface area contributed by atoms with Crippen LogP contribution in [0.2, 0.25) is 5.02 Å². The molecular weight excluding hydrogens is 333 g/mol. The zero-order chi connectivity index (χ0) is 13.8. The number of rotatable bonds is 3. The number of nitrogens with zero attached hydrogens (tertiary/aromatic N) is 1. The summed E-state index contributed by atoms with van der Waals surface area (Å²) in [4.78, 5) is 0. The molecule has 0 aliphatic rings. The number of ether oxygens (including phenoxy) is 1. The molecule has 0 radical (unpaired) electrons. The Balaban J connectivity index is 2.36.